The second-order valence-electron chi connectivity index (χ2n) is 3.60. The van der Waals surface area contributed by atoms with Gasteiger partial charge in [-0.3, -0.25) is 25.0 Å². The van der Waals surface area contributed by atoms with Crippen molar-refractivity contribution < 1.29 is 9.59 Å². The van der Waals surface area contributed by atoms with Gasteiger partial charge in [-0.2, -0.15) is 5.10 Å². The predicted octanol–water partition coefficient (Wildman–Crippen LogP) is -0.934. The highest BCUT2D eigenvalue weighted by Gasteiger charge is 2.11. The van der Waals surface area contributed by atoms with Crippen LogP contribution in [0.2, 0.25) is 0 Å². The second kappa shape index (κ2) is 5.23. The van der Waals surface area contributed by atoms with E-state index in [2.05, 4.69) is 20.4 Å². The third-order valence-corrected chi connectivity index (χ3v) is 2.21. The number of carbonyl (C=O) groups is 2. The van der Waals surface area contributed by atoms with Gasteiger partial charge in [0.1, 0.15) is 5.69 Å². The van der Waals surface area contributed by atoms with Gasteiger partial charge >= 0.3 is 0 Å². The summed E-state index contributed by atoms with van der Waals surface area (Å²) in [6.07, 6.45) is 4.30. The van der Waals surface area contributed by atoms with E-state index in [-0.39, 0.29) is 11.6 Å². The van der Waals surface area contributed by atoms with E-state index in [1.54, 1.807) is 13.2 Å². The maximum Gasteiger partial charge on any atom is 0.283 e. The molecule has 19 heavy (non-hydrogen) atoms. The number of rotatable bonds is 3. The molecule has 0 fully saturated rings. The molecule has 2 aromatic heterocycles. The zero-order valence-electron chi connectivity index (χ0n) is 9.99. The molecule has 98 valence electrons. The zero-order chi connectivity index (χ0) is 13.8. The fourth-order valence-electron chi connectivity index (χ4n) is 1.33. The number of nitrogens with two attached hydrogens (primary N) is 1. The van der Waals surface area contributed by atoms with Crippen molar-refractivity contribution in [1.29, 1.82) is 0 Å². The molecular formula is C10H11N7O2. The fraction of sp³-hybridized carbons (Fsp3) is 0.100. The van der Waals surface area contributed by atoms with Gasteiger partial charge < -0.3 is 0 Å². The Morgan fingerprint density at radius 1 is 1.37 bits per heavy atom. The van der Waals surface area contributed by atoms with Gasteiger partial charge in [0.05, 0.1) is 11.8 Å². The number of aromatic nitrogens is 4. The summed E-state index contributed by atoms with van der Waals surface area (Å²) in [5, 5.41) is 6.33. The average Bonchev–Trinajstić information content (AvgIpc) is 2.85. The molecule has 0 bridgehead atoms. The third-order valence-electron chi connectivity index (χ3n) is 2.21. The number of hydrogen-bond donors (Lipinski definition) is 3. The molecule has 9 heteroatoms. The van der Waals surface area contributed by atoms with Crippen LogP contribution in [0.4, 0.5) is 5.95 Å². The molecule has 0 unspecified atom stereocenters. The van der Waals surface area contributed by atoms with Crippen molar-refractivity contribution in [1.82, 2.24) is 25.2 Å². The summed E-state index contributed by atoms with van der Waals surface area (Å²) in [7, 11) is 1.69. The van der Waals surface area contributed by atoms with Crippen molar-refractivity contribution in [2.45, 2.75) is 0 Å². The molecule has 0 aromatic carbocycles. The zero-order valence-corrected chi connectivity index (χ0v) is 9.99. The molecule has 0 spiro atoms. The Bertz CT molecular complexity index is 622. The maximum atomic E-state index is 11.8. The number of nitrogens with zero attached hydrogens (tertiary/aromatic N) is 4. The molecule has 2 heterocycles. The van der Waals surface area contributed by atoms with Crippen LogP contribution >= 0.6 is 0 Å². The van der Waals surface area contributed by atoms with Crippen molar-refractivity contribution in [3.8, 4) is 0 Å². The predicted molar refractivity (Wildman–Crippen MR) is 64.8 cm³/mol. The molecule has 0 atom stereocenters. The lowest BCUT2D eigenvalue weighted by Gasteiger charge is -2.03. The van der Waals surface area contributed by atoms with Crippen molar-refractivity contribution >= 4 is 17.8 Å². The number of aryl methyl sites for hydroxylation is 1. The van der Waals surface area contributed by atoms with E-state index in [4.69, 9.17) is 5.84 Å². The van der Waals surface area contributed by atoms with Crippen LogP contribution in [0.1, 0.15) is 20.8 Å². The van der Waals surface area contributed by atoms with E-state index in [0.29, 0.717) is 5.56 Å². The lowest BCUT2D eigenvalue weighted by atomic mass is 10.3. The topological polar surface area (TPSA) is 128 Å². The lowest BCUT2D eigenvalue weighted by molar-refractivity contribution is 0.0946. The summed E-state index contributed by atoms with van der Waals surface area (Å²) in [4.78, 5) is 30.8. The SMILES string of the molecule is Cn1cc(C(=O)Nc2nccc(C(=O)NN)n2)cn1. The highest BCUT2D eigenvalue weighted by Crippen LogP contribution is 2.04. The minimum atomic E-state index is -0.570. The largest absolute Gasteiger partial charge is 0.290 e. The Morgan fingerprint density at radius 3 is 2.79 bits per heavy atom. The smallest absolute Gasteiger partial charge is 0.283 e. The van der Waals surface area contributed by atoms with Gasteiger partial charge in [0, 0.05) is 19.4 Å². The highest BCUT2D eigenvalue weighted by molar-refractivity contribution is 6.03. The standard InChI is InChI=1S/C10H11N7O2/c1-17-5-6(4-13-17)8(18)15-10-12-3-2-7(14-10)9(19)16-11/h2-5H,11H2,1H3,(H,16,19)(H,12,14,15,18). The number of nitrogens with one attached hydrogen (secondary N) is 2. The van der Waals surface area contributed by atoms with Crippen molar-refractivity contribution in [2.75, 3.05) is 5.32 Å². The van der Waals surface area contributed by atoms with Crippen molar-refractivity contribution in [2.24, 2.45) is 12.9 Å². The van der Waals surface area contributed by atoms with Gasteiger partial charge in [0.2, 0.25) is 5.95 Å². The Kier molecular flexibility index (Phi) is 3.48. The summed E-state index contributed by atoms with van der Waals surface area (Å²) in [5.74, 6) is 4.01. The summed E-state index contributed by atoms with van der Waals surface area (Å²) >= 11 is 0. The lowest BCUT2D eigenvalue weighted by Crippen LogP contribution is -2.31. The quantitative estimate of drug-likeness (QED) is 0.372. The Labute approximate surface area is 107 Å². The van der Waals surface area contributed by atoms with Gasteiger partial charge in [0.15, 0.2) is 0 Å². The highest BCUT2D eigenvalue weighted by atomic mass is 16.2. The molecule has 4 N–H and O–H groups in total. The number of hydrogen-bond acceptors (Lipinski definition) is 6. The molecule has 2 amide bonds. The summed E-state index contributed by atoms with van der Waals surface area (Å²) in [6, 6.07) is 1.38. The fourth-order valence-corrected chi connectivity index (χ4v) is 1.33. The molecule has 9 nitrogen and oxygen atoms in total. The van der Waals surface area contributed by atoms with Gasteiger partial charge in [0.25, 0.3) is 11.8 Å². The first-order valence-electron chi connectivity index (χ1n) is 5.24. The number of amides is 2. The number of hydrazine groups is 1. The van der Waals surface area contributed by atoms with Crippen LogP contribution < -0.4 is 16.6 Å². The summed E-state index contributed by atoms with van der Waals surface area (Å²) < 4.78 is 1.49. The first-order chi connectivity index (χ1) is 9.10. The van der Waals surface area contributed by atoms with Crippen LogP contribution in [0.3, 0.4) is 0 Å². The molecule has 0 radical (unpaired) electrons. The van der Waals surface area contributed by atoms with Crippen LogP contribution in [-0.2, 0) is 7.05 Å². The monoisotopic (exact) mass is 261 g/mol. The van der Waals surface area contributed by atoms with E-state index in [1.165, 1.54) is 23.1 Å². The van der Waals surface area contributed by atoms with Gasteiger partial charge in [-0.25, -0.2) is 15.8 Å². The minimum absolute atomic E-state index is 0.00922. The van der Waals surface area contributed by atoms with E-state index >= 15 is 0 Å². The van der Waals surface area contributed by atoms with Crippen LogP contribution in [0, 0.1) is 0 Å². The summed E-state index contributed by atoms with van der Waals surface area (Å²) in [6.45, 7) is 0. The van der Waals surface area contributed by atoms with Gasteiger partial charge in [-0.05, 0) is 6.07 Å². The second-order valence-corrected chi connectivity index (χ2v) is 3.60. The van der Waals surface area contributed by atoms with Crippen LogP contribution in [0.5, 0.6) is 0 Å². The molecule has 0 saturated heterocycles. The molecule has 2 aromatic rings. The molecular weight excluding hydrogens is 250 g/mol. The number of nitrogen functional groups attached to an aromatic ring is 1. The maximum absolute atomic E-state index is 11.8. The van der Waals surface area contributed by atoms with Crippen LogP contribution in [0.25, 0.3) is 0 Å². The summed E-state index contributed by atoms with van der Waals surface area (Å²) in [5.41, 5.74) is 2.36. The van der Waals surface area contributed by atoms with Gasteiger partial charge in [-0.1, -0.05) is 0 Å². The first kappa shape index (κ1) is 12.6. The first-order valence-corrected chi connectivity index (χ1v) is 5.24. The Balaban J connectivity index is 2.15. The average molecular weight is 261 g/mol. The van der Waals surface area contributed by atoms with E-state index in [0.717, 1.165) is 0 Å². The van der Waals surface area contributed by atoms with Gasteiger partial charge in [-0.15, -0.1) is 0 Å². The minimum Gasteiger partial charge on any atom is -0.290 e. The molecule has 0 aliphatic rings. The van der Waals surface area contributed by atoms with E-state index in [1.807, 2.05) is 5.43 Å². The van der Waals surface area contributed by atoms with E-state index in [9.17, 15) is 9.59 Å². The van der Waals surface area contributed by atoms with Crippen LogP contribution in [0.15, 0.2) is 24.7 Å². The molecule has 0 saturated carbocycles. The molecule has 0 aliphatic heterocycles. The Hall–Kier alpha value is -2.81. The molecule has 2 rings (SSSR count). The van der Waals surface area contributed by atoms with Crippen molar-refractivity contribution in [3.05, 3.63) is 35.9 Å². The Morgan fingerprint density at radius 2 is 2.16 bits per heavy atom. The molecule has 0 aliphatic carbocycles. The normalized spacial score (nSPS) is 10.0. The van der Waals surface area contributed by atoms with Crippen LogP contribution in [-0.4, -0.2) is 31.6 Å². The number of carbonyl (C=O) groups excluding carboxylic acids is 2. The number of anilines is 1. The van der Waals surface area contributed by atoms with Crippen molar-refractivity contribution in [3.63, 3.8) is 0 Å². The third kappa shape index (κ3) is 2.90. The van der Waals surface area contributed by atoms with E-state index < -0.39 is 11.8 Å².